The van der Waals surface area contributed by atoms with Crippen molar-refractivity contribution in [1.29, 1.82) is 0 Å². The van der Waals surface area contributed by atoms with Crippen molar-refractivity contribution >= 4 is 0 Å². The highest BCUT2D eigenvalue weighted by molar-refractivity contribution is 4.68. The highest BCUT2D eigenvalue weighted by Gasteiger charge is 2.14. The first kappa shape index (κ1) is 29.8. The van der Waals surface area contributed by atoms with Crippen LogP contribution < -0.4 is 0 Å². The summed E-state index contributed by atoms with van der Waals surface area (Å²) in [6.45, 7) is 3.10. The third-order valence-electron chi connectivity index (χ3n) is 5.96. The zero-order valence-corrected chi connectivity index (χ0v) is 19.9. The molecule has 182 valence electrons. The molecular weight excluding hydrogens is 378 g/mol. The van der Waals surface area contributed by atoms with E-state index < -0.39 is 12.2 Å². The lowest BCUT2D eigenvalue weighted by Gasteiger charge is -2.26. The van der Waals surface area contributed by atoms with Gasteiger partial charge in [0.05, 0.1) is 25.4 Å². The second-order valence-corrected chi connectivity index (χ2v) is 9.07. The number of unbranched alkanes of at least 4 members (excludes halogenated alkanes) is 15. The molecule has 0 fully saturated rings. The molecule has 0 bridgehead atoms. The standard InChI is InChI=1S/C25H53NO4/c1-2-3-4-5-6-7-8-9-10-11-12-13-14-15-16-17-18-24(29)21-26(19-20-27)22-25(30)23-28/h24-25,27-30H,2-23H2,1H3. The summed E-state index contributed by atoms with van der Waals surface area (Å²) in [4.78, 5) is 1.82. The monoisotopic (exact) mass is 431 g/mol. The van der Waals surface area contributed by atoms with Crippen molar-refractivity contribution in [3.05, 3.63) is 0 Å². The van der Waals surface area contributed by atoms with Gasteiger partial charge in [-0.15, -0.1) is 0 Å². The van der Waals surface area contributed by atoms with Crippen molar-refractivity contribution < 1.29 is 20.4 Å². The lowest BCUT2D eigenvalue weighted by atomic mass is 10.0. The Bertz CT molecular complexity index is 330. The molecule has 0 aromatic rings. The molecule has 0 rings (SSSR count). The molecule has 2 unspecified atom stereocenters. The van der Waals surface area contributed by atoms with Gasteiger partial charge in [0.25, 0.3) is 0 Å². The molecular formula is C25H53NO4. The number of aliphatic hydroxyl groups is 4. The maximum atomic E-state index is 10.2. The minimum Gasteiger partial charge on any atom is -0.395 e. The van der Waals surface area contributed by atoms with Gasteiger partial charge in [-0.25, -0.2) is 0 Å². The van der Waals surface area contributed by atoms with Gasteiger partial charge in [-0.05, 0) is 6.42 Å². The second kappa shape index (κ2) is 23.5. The van der Waals surface area contributed by atoms with E-state index in [0.717, 1.165) is 19.3 Å². The van der Waals surface area contributed by atoms with Crippen molar-refractivity contribution in [3.63, 3.8) is 0 Å². The molecule has 0 aromatic carbocycles. The largest absolute Gasteiger partial charge is 0.395 e. The van der Waals surface area contributed by atoms with Crippen LogP contribution in [0.3, 0.4) is 0 Å². The van der Waals surface area contributed by atoms with Crippen molar-refractivity contribution in [1.82, 2.24) is 4.90 Å². The van der Waals surface area contributed by atoms with Gasteiger partial charge in [0.15, 0.2) is 0 Å². The van der Waals surface area contributed by atoms with E-state index in [9.17, 15) is 10.2 Å². The van der Waals surface area contributed by atoms with Crippen molar-refractivity contribution in [2.75, 3.05) is 32.8 Å². The molecule has 0 radical (unpaired) electrons. The Labute approximate surface area is 186 Å². The average Bonchev–Trinajstić information content (AvgIpc) is 2.73. The molecule has 0 aliphatic carbocycles. The zero-order valence-electron chi connectivity index (χ0n) is 19.9. The van der Waals surface area contributed by atoms with Crippen LogP contribution in [0, 0.1) is 0 Å². The first-order valence-electron chi connectivity index (χ1n) is 12.9. The lowest BCUT2D eigenvalue weighted by Crippen LogP contribution is -2.40. The Balaban J connectivity index is 3.40. The molecule has 0 aliphatic rings. The van der Waals surface area contributed by atoms with Crippen LogP contribution in [-0.2, 0) is 0 Å². The van der Waals surface area contributed by atoms with Crippen LogP contribution in [-0.4, -0.2) is 70.4 Å². The average molecular weight is 432 g/mol. The van der Waals surface area contributed by atoms with Crippen LogP contribution in [0.1, 0.15) is 116 Å². The zero-order chi connectivity index (χ0) is 22.3. The summed E-state index contributed by atoms with van der Waals surface area (Å²) in [6.07, 6.45) is 21.0. The Hall–Kier alpha value is -0.200. The molecule has 0 saturated carbocycles. The molecule has 4 N–H and O–H groups in total. The van der Waals surface area contributed by atoms with Gasteiger partial charge in [-0.1, -0.05) is 110 Å². The van der Waals surface area contributed by atoms with Crippen LogP contribution in [0.5, 0.6) is 0 Å². The molecule has 0 spiro atoms. The smallest absolute Gasteiger partial charge is 0.0897 e. The molecule has 0 amide bonds. The van der Waals surface area contributed by atoms with Crippen LogP contribution in [0.15, 0.2) is 0 Å². The lowest BCUT2D eigenvalue weighted by molar-refractivity contribution is 0.0311. The maximum absolute atomic E-state index is 10.2. The number of aliphatic hydroxyl groups excluding tert-OH is 4. The molecule has 5 nitrogen and oxygen atoms in total. The fourth-order valence-corrected chi connectivity index (χ4v) is 4.07. The van der Waals surface area contributed by atoms with Gasteiger partial charge in [-0.2, -0.15) is 0 Å². The third-order valence-corrected chi connectivity index (χ3v) is 5.96. The highest BCUT2D eigenvalue weighted by Crippen LogP contribution is 2.14. The summed E-state index contributed by atoms with van der Waals surface area (Å²) in [6, 6.07) is 0. The Morgan fingerprint density at radius 3 is 1.37 bits per heavy atom. The molecule has 0 heterocycles. The van der Waals surface area contributed by atoms with Gasteiger partial charge >= 0.3 is 0 Å². The highest BCUT2D eigenvalue weighted by atomic mass is 16.3. The fraction of sp³-hybridized carbons (Fsp3) is 1.00. The number of hydrogen-bond acceptors (Lipinski definition) is 5. The van der Waals surface area contributed by atoms with Crippen molar-refractivity contribution in [2.45, 2.75) is 128 Å². The topological polar surface area (TPSA) is 84.2 Å². The maximum Gasteiger partial charge on any atom is 0.0897 e. The first-order valence-corrected chi connectivity index (χ1v) is 12.9. The second-order valence-electron chi connectivity index (χ2n) is 9.07. The molecule has 30 heavy (non-hydrogen) atoms. The quantitative estimate of drug-likeness (QED) is 0.167. The Morgan fingerprint density at radius 1 is 0.567 bits per heavy atom. The molecule has 2 atom stereocenters. The number of rotatable bonds is 24. The molecule has 5 heteroatoms. The van der Waals surface area contributed by atoms with E-state index in [2.05, 4.69) is 6.92 Å². The van der Waals surface area contributed by atoms with E-state index in [1.54, 1.807) is 0 Å². The summed E-state index contributed by atoms with van der Waals surface area (Å²) in [5, 5.41) is 37.8. The predicted octanol–water partition coefficient (Wildman–Crippen LogP) is 4.65. The molecule has 0 saturated heterocycles. The van der Waals surface area contributed by atoms with E-state index in [1.165, 1.54) is 89.9 Å². The minimum absolute atomic E-state index is 0.0100. The minimum atomic E-state index is -0.820. The summed E-state index contributed by atoms with van der Waals surface area (Å²) >= 11 is 0. The first-order chi connectivity index (χ1) is 14.6. The molecule has 0 aromatic heterocycles. The van der Waals surface area contributed by atoms with E-state index >= 15 is 0 Å². The summed E-state index contributed by atoms with van der Waals surface area (Å²) in [7, 11) is 0. The van der Waals surface area contributed by atoms with Crippen LogP contribution in [0.2, 0.25) is 0 Å². The predicted molar refractivity (Wildman–Crippen MR) is 127 cm³/mol. The van der Waals surface area contributed by atoms with Gasteiger partial charge in [0.1, 0.15) is 0 Å². The summed E-state index contributed by atoms with van der Waals surface area (Å²) < 4.78 is 0. The van der Waals surface area contributed by atoms with E-state index in [0.29, 0.717) is 13.1 Å². The number of hydrogen-bond donors (Lipinski definition) is 4. The molecule has 0 aliphatic heterocycles. The van der Waals surface area contributed by atoms with Crippen molar-refractivity contribution in [2.24, 2.45) is 0 Å². The summed E-state index contributed by atoms with van der Waals surface area (Å²) in [5.74, 6) is 0. The van der Waals surface area contributed by atoms with Crippen LogP contribution in [0.4, 0.5) is 0 Å². The number of nitrogens with zero attached hydrogens (tertiary/aromatic N) is 1. The van der Waals surface area contributed by atoms with E-state index in [4.69, 9.17) is 10.2 Å². The fourth-order valence-electron chi connectivity index (χ4n) is 4.07. The van der Waals surface area contributed by atoms with E-state index in [1.807, 2.05) is 4.90 Å². The van der Waals surface area contributed by atoms with Gasteiger partial charge < -0.3 is 20.4 Å². The van der Waals surface area contributed by atoms with Gasteiger partial charge in [0, 0.05) is 19.6 Å². The Kier molecular flexibility index (Phi) is 23.3. The van der Waals surface area contributed by atoms with Crippen LogP contribution >= 0.6 is 0 Å². The normalized spacial score (nSPS) is 13.8. The van der Waals surface area contributed by atoms with E-state index in [-0.39, 0.29) is 19.8 Å². The van der Waals surface area contributed by atoms with Crippen LogP contribution in [0.25, 0.3) is 0 Å². The third kappa shape index (κ3) is 21.0. The summed E-state index contributed by atoms with van der Waals surface area (Å²) in [5.41, 5.74) is 0. The van der Waals surface area contributed by atoms with Gasteiger partial charge in [0.2, 0.25) is 0 Å². The van der Waals surface area contributed by atoms with Gasteiger partial charge in [-0.3, -0.25) is 4.90 Å². The van der Waals surface area contributed by atoms with Crippen molar-refractivity contribution in [3.8, 4) is 0 Å². The Morgan fingerprint density at radius 2 is 0.967 bits per heavy atom. The SMILES string of the molecule is CCCCCCCCCCCCCCCCCCC(O)CN(CCO)CC(O)CO.